The fourth-order valence-electron chi connectivity index (χ4n) is 5.02. The van der Waals surface area contributed by atoms with Crippen molar-refractivity contribution in [3.63, 3.8) is 0 Å². The van der Waals surface area contributed by atoms with E-state index in [1.807, 2.05) is 31.2 Å². The molecule has 10 nitrogen and oxygen atoms in total. The number of methoxy groups -OCH3 is 2. The van der Waals surface area contributed by atoms with Gasteiger partial charge in [0.05, 0.1) is 48.2 Å². The second-order valence-corrected chi connectivity index (χ2v) is 12.2. The maximum absolute atomic E-state index is 13.3. The maximum Gasteiger partial charge on any atom is 0.234 e. The number of thioether (sulfide) groups is 1. The number of nitrogens with zero attached hydrogens (tertiary/aromatic N) is 4. The SMILES string of the molecule is COc1cc(OC)c(NC(=O)CSc2nnc(N3C(N)=C(C#N)C(c4ccc(C)cc4)C4=C3CCCC4=O)s2)cc1Cl. The lowest BCUT2D eigenvalue weighted by molar-refractivity contribution is -0.116. The van der Waals surface area contributed by atoms with Crippen molar-refractivity contribution in [1.29, 1.82) is 5.26 Å². The Morgan fingerprint density at radius 3 is 2.64 bits per heavy atom. The van der Waals surface area contributed by atoms with Gasteiger partial charge >= 0.3 is 0 Å². The molecule has 13 heteroatoms. The van der Waals surface area contributed by atoms with Crippen molar-refractivity contribution < 1.29 is 19.1 Å². The summed E-state index contributed by atoms with van der Waals surface area (Å²) in [5.41, 5.74) is 10.6. The number of ether oxygens (including phenoxy) is 2. The zero-order chi connectivity index (χ0) is 30.0. The molecule has 1 aromatic heterocycles. The zero-order valence-corrected chi connectivity index (χ0v) is 25.5. The van der Waals surface area contributed by atoms with Gasteiger partial charge in [0.1, 0.15) is 17.3 Å². The zero-order valence-electron chi connectivity index (χ0n) is 23.1. The minimum Gasteiger partial charge on any atom is -0.495 e. The third kappa shape index (κ3) is 5.68. The van der Waals surface area contributed by atoms with Gasteiger partial charge in [-0.05, 0) is 31.4 Å². The summed E-state index contributed by atoms with van der Waals surface area (Å²) in [4.78, 5) is 27.7. The molecule has 0 radical (unpaired) electrons. The molecular weight excluding hydrogens is 596 g/mol. The smallest absolute Gasteiger partial charge is 0.234 e. The topological polar surface area (TPSA) is 143 Å². The van der Waals surface area contributed by atoms with Crippen LogP contribution in [-0.4, -0.2) is 41.9 Å². The summed E-state index contributed by atoms with van der Waals surface area (Å²) in [5.74, 6) is 0.257. The summed E-state index contributed by atoms with van der Waals surface area (Å²) in [7, 11) is 2.98. The van der Waals surface area contributed by atoms with Crippen molar-refractivity contribution in [3.8, 4) is 17.6 Å². The normalized spacial score (nSPS) is 16.7. The van der Waals surface area contributed by atoms with Gasteiger partial charge in [0, 0.05) is 23.8 Å². The molecule has 0 saturated heterocycles. The van der Waals surface area contributed by atoms with Crippen LogP contribution in [0.4, 0.5) is 10.8 Å². The molecule has 0 saturated carbocycles. The van der Waals surface area contributed by atoms with E-state index in [1.165, 1.54) is 37.3 Å². The van der Waals surface area contributed by atoms with E-state index in [2.05, 4.69) is 21.6 Å². The van der Waals surface area contributed by atoms with Gasteiger partial charge in [-0.2, -0.15) is 5.26 Å². The Balaban J connectivity index is 1.38. The number of carbonyl (C=O) groups is 2. The number of aryl methyl sites for hydroxylation is 1. The summed E-state index contributed by atoms with van der Waals surface area (Å²) in [6.45, 7) is 1.98. The molecule has 2 aromatic carbocycles. The van der Waals surface area contributed by atoms with Gasteiger partial charge in [0.25, 0.3) is 0 Å². The van der Waals surface area contributed by atoms with Crippen LogP contribution >= 0.6 is 34.7 Å². The Morgan fingerprint density at radius 2 is 1.95 bits per heavy atom. The summed E-state index contributed by atoms with van der Waals surface area (Å²) in [5, 5.41) is 22.3. The van der Waals surface area contributed by atoms with Crippen LogP contribution in [0, 0.1) is 18.3 Å². The molecule has 216 valence electrons. The highest BCUT2D eigenvalue weighted by Crippen LogP contribution is 2.47. The molecule has 42 heavy (non-hydrogen) atoms. The van der Waals surface area contributed by atoms with Crippen LogP contribution < -0.4 is 25.4 Å². The second kappa shape index (κ2) is 12.4. The van der Waals surface area contributed by atoms with E-state index >= 15 is 0 Å². The molecule has 5 rings (SSSR count). The Bertz CT molecular complexity index is 1660. The van der Waals surface area contributed by atoms with Crippen molar-refractivity contribution in [2.45, 2.75) is 36.4 Å². The lowest BCUT2D eigenvalue weighted by Gasteiger charge is -2.38. The van der Waals surface area contributed by atoms with Crippen LogP contribution in [0.25, 0.3) is 0 Å². The van der Waals surface area contributed by atoms with E-state index in [0.29, 0.717) is 62.1 Å². The number of nitriles is 1. The summed E-state index contributed by atoms with van der Waals surface area (Å²) < 4.78 is 11.1. The molecule has 3 N–H and O–H groups in total. The summed E-state index contributed by atoms with van der Waals surface area (Å²) >= 11 is 8.64. The number of amides is 1. The van der Waals surface area contributed by atoms with Crippen molar-refractivity contribution in [3.05, 3.63) is 75.2 Å². The van der Waals surface area contributed by atoms with Crippen LogP contribution in [0.1, 0.15) is 36.3 Å². The molecule has 3 aromatic rings. The van der Waals surface area contributed by atoms with Crippen LogP contribution in [0.3, 0.4) is 0 Å². The lowest BCUT2D eigenvalue weighted by atomic mass is 9.75. The van der Waals surface area contributed by atoms with Gasteiger partial charge in [0.2, 0.25) is 11.0 Å². The second-order valence-electron chi connectivity index (χ2n) is 9.60. The number of ketones is 1. The standard InChI is InChI=1S/C29H27ClN6O4S2/c1-15-7-9-16(10-8-15)25-17(13-31)27(32)36(20-5-4-6-21(37)26(20)25)28-34-35-29(42-28)41-14-24(38)33-19-11-18(30)22(39-2)12-23(19)40-3/h7-12,25H,4-6,14,32H2,1-3H3,(H,33,38). The van der Waals surface area contributed by atoms with Gasteiger partial charge in [-0.3, -0.25) is 14.5 Å². The van der Waals surface area contributed by atoms with E-state index in [9.17, 15) is 14.9 Å². The van der Waals surface area contributed by atoms with Crippen LogP contribution in [0.2, 0.25) is 5.02 Å². The maximum atomic E-state index is 13.3. The van der Waals surface area contributed by atoms with E-state index in [-0.39, 0.29) is 23.3 Å². The first-order valence-electron chi connectivity index (χ1n) is 13.0. The van der Waals surface area contributed by atoms with Crippen molar-refractivity contribution >= 4 is 57.2 Å². The Kier molecular flexibility index (Phi) is 8.72. The molecule has 1 unspecified atom stereocenters. The Labute approximate surface area is 256 Å². The van der Waals surface area contributed by atoms with E-state index in [4.69, 9.17) is 26.8 Å². The van der Waals surface area contributed by atoms with Crippen LogP contribution in [0.15, 0.2) is 63.4 Å². The van der Waals surface area contributed by atoms with Crippen LogP contribution in [-0.2, 0) is 9.59 Å². The van der Waals surface area contributed by atoms with Gasteiger partial charge in [-0.25, -0.2) is 0 Å². The first-order valence-corrected chi connectivity index (χ1v) is 15.1. The number of allylic oxidation sites excluding steroid dienone is 3. The van der Waals surface area contributed by atoms with E-state index in [1.54, 1.807) is 17.0 Å². The molecule has 1 aliphatic carbocycles. The quantitative estimate of drug-likeness (QED) is 0.307. The van der Waals surface area contributed by atoms with Crippen molar-refractivity contribution in [2.24, 2.45) is 5.73 Å². The number of rotatable bonds is 8. The van der Waals surface area contributed by atoms with Gasteiger partial charge in [-0.1, -0.05) is 64.5 Å². The first-order chi connectivity index (χ1) is 20.2. The van der Waals surface area contributed by atoms with E-state index < -0.39 is 5.92 Å². The minimum atomic E-state index is -0.538. The summed E-state index contributed by atoms with van der Waals surface area (Å²) in [6, 6.07) is 13.2. The van der Waals surface area contributed by atoms with Gasteiger partial charge < -0.3 is 20.5 Å². The van der Waals surface area contributed by atoms with Crippen LogP contribution in [0.5, 0.6) is 11.5 Å². The number of aromatic nitrogens is 2. The molecule has 1 aliphatic heterocycles. The molecule has 0 bridgehead atoms. The molecule has 0 spiro atoms. The lowest BCUT2D eigenvalue weighted by Crippen LogP contribution is -2.38. The monoisotopic (exact) mass is 622 g/mol. The van der Waals surface area contributed by atoms with E-state index in [0.717, 1.165) is 16.8 Å². The number of Topliss-reactive ketones (excluding diaryl/α,β-unsaturated/α-hetero) is 1. The van der Waals surface area contributed by atoms with Gasteiger partial charge in [-0.15, -0.1) is 10.2 Å². The van der Waals surface area contributed by atoms with Crippen molar-refractivity contribution in [2.75, 3.05) is 30.2 Å². The number of hydrogen-bond acceptors (Lipinski definition) is 11. The average Bonchev–Trinajstić information content (AvgIpc) is 3.45. The van der Waals surface area contributed by atoms with Crippen molar-refractivity contribution in [1.82, 2.24) is 10.2 Å². The highest BCUT2D eigenvalue weighted by molar-refractivity contribution is 8.01. The number of halogens is 1. The third-order valence-corrected chi connectivity index (χ3v) is 9.32. The molecular formula is C29H27ClN6O4S2. The number of nitrogens with one attached hydrogen (secondary N) is 1. The number of anilines is 2. The largest absolute Gasteiger partial charge is 0.495 e. The molecule has 0 fully saturated rings. The average molecular weight is 623 g/mol. The molecule has 1 amide bonds. The fourth-order valence-corrected chi connectivity index (χ4v) is 6.94. The Morgan fingerprint density at radius 1 is 1.21 bits per heavy atom. The predicted octanol–water partition coefficient (Wildman–Crippen LogP) is 5.55. The fraction of sp³-hybridized carbons (Fsp3) is 0.276. The molecule has 2 heterocycles. The molecule has 2 aliphatic rings. The number of carbonyl (C=O) groups excluding carboxylic acids is 2. The first kappa shape index (κ1) is 29.4. The highest BCUT2D eigenvalue weighted by Gasteiger charge is 2.41. The minimum absolute atomic E-state index is 0.00285. The third-order valence-electron chi connectivity index (χ3n) is 6.99. The number of nitrogens with two attached hydrogens (primary N) is 1. The summed E-state index contributed by atoms with van der Waals surface area (Å²) in [6.07, 6.45) is 1.69. The number of benzene rings is 2. The van der Waals surface area contributed by atoms with Gasteiger partial charge in [0.15, 0.2) is 10.1 Å². The highest BCUT2D eigenvalue weighted by atomic mass is 35.5. The predicted molar refractivity (Wildman–Crippen MR) is 163 cm³/mol. The Hall–Kier alpha value is -4.05. The molecule has 1 atom stereocenters. The number of hydrogen-bond donors (Lipinski definition) is 2.